The molecular formula is C51H86O6. The predicted octanol–water partition coefficient (Wildman–Crippen LogP) is 15.1. The summed E-state index contributed by atoms with van der Waals surface area (Å²) in [5, 5.41) is 0. The van der Waals surface area contributed by atoms with Crippen LogP contribution in [0.25, 0.3) is 0 Å². The van der Waals surface area contributed by atoms with E-state index in [4.69, 9.17) is 14.2 Å². The normalized spacial score (nSPS) is 12.7. The number of esters is 3. The van der Waals surface area contributed by atoms with Crippen LogP contribution in [0, 0.1) is 0 Å². The van der Waals surface area contributed by atoms with Crippen LogP contribution in [0.4, 0.5) is 0 Å². The van der Waals surface area contributed by atoms with Crippen LogP contribution in [0.15, 0.2) is 72.9 Å². The van der Waals surface area contributed by atoms with Gasteiger partial charge in [-0.25, -0.2) is 0 Å². The lowest BCUT2D eigenvalue weighted by atomic mass is 10.0. The van der Waals surface area contributed by atoms with Gasteiger partial charge in [0.25, 0.3) is 0 Å². The molecular weight excluding hydrogens is 709 g/mol. The fourth-order valence-corrected chi connectivity index (χ4v) is 6.27. The monoisotopic (exact) mass is 795 g/mol. The summed E-state index contributed by atoms with van der Waals surface area (Å²) in [5.41, 5.74) is 0. The first-order valence-corrected chi connectivity index (χ1v) is 23.5. The van der Waals surface area contributed by atoms with Crippen LogP contribution < -0.4 is 0 Å². The maximum atomic E-state index is 12.7. The Kier molecular flexibility index (Phi) is 43.0. The Morgan fingerprint density at radius 3 is 1.30 bits per heavy atom. The van der Waals surface area contributed by atoms with Crippen molar-refractivity contribution in [2.75, 3.05) is 13.2 Å². The van der Waals surface area contributed by atoms with Crippen molar-refractivity contribution >= 4 is 17.9 Å². The Morgan fingerprint density at radius 2 is 0.789 bits per heavy atom. The molecule has 0 aliphatic carbocycles. The number of hydrogen-bond donors (Lipinski definition) is 0. The van der Waals surface area contributed by atoms with Gasteiger partial charge in [-0.2, -0.15) is 0 Å². The van der Waals surface area contributed by atoms with Gasteiger partial charge in [-0.3, -0.25) is 14.4 Å². The van der Waals surface area contributed by atoms with Crippen LogP contribution in [-0.2, 0) is 28.6 Å². The van der Waals surface area contributed by atoms with Crippen molar-refractivity contribution in [3.63, 3.8) is 0 Å². The molecule has 0 aliphatic rings. The Bertz CT molecular complexity index is 1100. The zero-order valence-electron chi connectivity index (χ0n) is 37.1. The number of carbonyl (C=O) groups is 3. The number of carbonyl (C=O) groups excluding carboxylic acids is 3. The van der Waals surface area contributed by atoms with Gasteiger partial charge in [-0.05, 0) is 57.8 Å². The summed E-state index contributed by atoms with van der Waals surface area (Å²) in [4.78, 5) is 37.7. The smallest absolute Gasteiger partial charge is 0.306 e. The molecule has 0 aromatic rings. The van der Waals surface area contributed by atoms with Crippen LogP contribution in [-0.4, -0.2) is 37.2 Å². The third-order valence-electron chi connectivity index (χ3n) is 9.80. The highest BCUT2D eigenvalue weighted by molar-refractivity contribution is 5.71. The molecule has 0 saturated carbocycles. The number of allylic oxidation sites excluding steroid dienone is 12. The average molecular weight is 795 g/mol. The van der Waals surface area contributed by atoms with Crippen LogP contribution in [0.3, 0.4) is 0 Å². The molecule has 326 valence electrons. The molecule has 1 unspecified atom stereocenters. The van der Waals surface area contributed by atoms with Crippen molar-refractivity contribution in [1.29, 1.82) is 0 Å². The van der Waals surface area contributed by atoms with E-state index in [2.05, 4.69) is 51.2 Å². The lowest BCUT2D eigenvalue weighted by Crippen LogP contribution is -2.30. The SMILES string of the molecule is CC/C=C/C=C/C=C/C=C/CCCCCC(=O)OCC(COC(=O)CCCCCCCCCCCCCCC)OC(=O)CC/C=C/C/C=C/CCCCCCCC. The van der Waals surface area contributed by atoms with Crippen molar-refractivity contribution in [2.24, 2.45) is 0 Å². The molecule has 0 bridgehead atoms. The molecule has 0 fully saturated rings. The van der Waals surface area contributed by atoms with Crippen LogP contribution >= 0.6 is 0 Å². The van der Waals surface area contributed by atoms with Crippen molar-refractivity contribution in [3.8, 4) is 0 Å². The summed E-state index contributed by atoms with van der Waals surface area (Å²) in [6, 6.07) is 0. The second-order valence-electron chi connectivity index (χ2n) is 15.4. The standard InChI is InChI=1S/C51H86O6/c1-4-7-10-13-16-19-22-25-28-31-34-37-40-43-49(52)55-46-48(57-51(54)45-42-39-36-33-30-27-24-21-18-15-12-9-6-3)47-56-50(53)44-41-38-35-32-29-26-23-20-17-14-11-8-5-2/h7,10,13,16,19,22,25,27-28,30,36,39,48H,4-6,8-9,11-12,14-15,17-18,20-21,23-24,26,29,31-35,37-38,40-47H2,1-3H3/b10-7+,16-13+,22-19+,28-25+,30-27+,39-36+. The van der Waals surface area contributed by atoms with E-state index in [0.29, 0.717) is 19.3 Å². The second kappa shape index (κ2) is 45.6. The minimum Gasteiger partial charge on any atom is -0.462 e. The summed E-state index contributed by atoms with van der Waals surface area (Å²) >= 11 is 0. The first kappa shape index (κ1) is 53.9. The van der Waals surface area contributed by atoms with Crippen molar-refractivity contribution < 1.29 is 28.6 Å². The van der Waals surface area contributed by atoms with Gasteiger partial charge in [0.15, 0.2) is 6.10 Å². The predicted molar refractivity (Wildman–Crippen MR) is 242 cm³/mol. The molecule has 0 saturated heterocycles. The summed E-state index contributed by atoms with van der Waals surface area (Å²) in [6.07, 6.45) is 56.1. The Balaban J connectivity index is 4.51. The van der Waals surface area contributed by atoms with Gasteiger partial charge in [0, 0.05) is 19.3 Å². The largest absolute Gasteiger partial charge is 0.462 e. The van der Waals surface area contributed by atoms with Gasteiger partial charge in [0.2, 0.25) is 0 Å². The highest BCUT2D eigenvalue weighted by Crippen LogP contribution is 2.14. The summed E-state index contributed by atoms with van der Waals surface area (Å²) in [7, 11) is 0. The first-order valence-electron chi connectivity index (χ1n) is 23.5. The van der Waals surface area contributed by atoms with E-state index in [-0.39, 0.29) is 37.5 Å². The summed E-state index contributed by atoms with van der Waals surface area (Å²) < 4.78 is 16.6. The number of unbranched alkanes of at least 4 members (excludes halogenated alkanes) is 21. The molecule has 0 radical (unpaired) electrons. The van der Waals surface area contributed by atoms with Gasteiger partial charge in [0.05, 0.1) is 0 Å². The second-order valence-corrected chi connectivity index (χ2v) is 15.4. The molecule has 6 nitrogen and oxygen atoms in total. The molecule has 0 spiro atoms. The fourth-order valence-electron chi connectivity index (χ4n) is 6.27. The van der Waals surface area contributed by atoms with Gasteiger partial charge < -0.3 is 14.2 Å². The lowest BCUT2D eigenvalue weighted by Gasteiger charge is -2.18. The Morgan fingerprint density at radius 1 is 0.386 bits per heavy atom. The van der Waals surface area contributed by atoms with Crippen molar-refractivity contribution in [2.45, 2.75) is 219 Å². The van der Waals surface area contributed by atoms with Crippen LogP contribution in [0.1, 0.15) is 213 Å². The quantitative estimate of drug-likeness (QED) is 0.0202. The molecule has 0 aromatic heterocycles. The summed E-state index contributed by atoms with van der Waals surface area (Å²) in [6.45, 7) is 6.39. The van der Waals surface area contributed by atoms with Gasteiger partial charge in [-0.1, -0.05) is 209 Å². The van der Waals surface area contributed by atoms with Crippen molar-refractivity contribution in [1.82, 2.24) is 0 Å². The third-order valence-corrected chi connectivity index (χ3v) is 9.80. The molecule has 0 amide bonds. The van der Waals surface area contributed by atoms with E-state index in [0.717, 1.165) is 64.2 Å². The average Bonchev–Trinajstić information content (AvgIpc) is 3.21. The summed E-state index contributed by atoms with van der Waals surface area (Å²) in [5.74, 6) is -1.02. The van der Waals surface area contributed by atoms with Crippen molar-refractivity contribution in [3.05, 3.63) is 72.9 Å². The topological polar surface area (TPSA) is 78.9 Å². The van der Waals surface area contributed by atoms with Gasteiger partial charge in [0.1, 0.15) is 13.2 Å². The highest BCUT2D eigenvalue weighted by atomic mass is 16.6. The number of rotatable bonds is 41. The van der Waals surface area contributed by atoms with Gasteiger partial charge >= 0.3 is 17.9 Å². The van der Waals surface area contributed by atoms with Gasteiger partial charge in [-0.15, -0.1) is 0 Å². The maximum absolute atomic E-state index is 12.7. The third kappa shape index (κ3) is 43.8. The zero-order chi connectivity index (χ0) is 41.5. The van der Waals surface area contributed by atoms with Crippen LogP contribution in [0.2, 0.25) is 0 Å². The zero-order valence-corrected chi connectivity index (χ0v) is 37.1. The molecule has 6 heteroatoms. The molecule has 0 aromatic carbocycles. The Hall–Kier alpha value is -3.15. The van der Waals surface area contributed by atoms with Crippen LogP contribution in [0.5, 0.6) is 0 Å². The molecule has 0 aliphatic heterocycles. The molecule has 0 N–H and O–H groups in total. The molecule has 0 heterocycles. The molecule has 1 atom stereocenters. The molecule has 57 heavy (non-hydrogen) atoms. The minimum absolute atomic E-state index is 0.110. The highest BCUT2D eigenvalue weighted by Gasteiger charge is 2.19. The number of ether oxygens (including phenoxy) is 3. The maximum Gasteiger partial charge on any atom is 0.306 e. The van der Waals surface area contributed by atoms with E-state index >= 15 is 0 Å². The minimum atomic E-state index is -0.818. The first-order chi connectivity index (χ1) is 28.0. The Labute approximate surface area is 351 Å². The number of hydrogen-bond acceptors (Lipinski definition) is 6. The fraction of sp³-hybridized carbons (Fsp3) is 0.706. The van der Waals surface area contributed by atoms with E-state index in [1.54, 1.807) is 0 Å². The molecule has 0 rings (SSSR count). The van der Waals surface area contributed by atoms with E-state index in [1.165, 1.54) is 103 Å². The lowest BCUT2D eigenvalue weighted by molar-refractivity contribution is -0.166. The van der Waals surface area contributed by atoms with E-state index in [9.17, 15) is 14.4 Å². The van der Waals surface area contributed by atoms with E-state index in [1.807, 2.05) is 42.5 Å². The van der Waals surface area contributed by atoms with E-state index < -0.39 is 6.10 Å².